The zero-order chi connectivity index (χ0) is 13.7. The fraction of sp³-hybridized carbons (Fsp3) is 1.00. The molecule has 3 rings (SSSR count). The molecule has 0 radical (unpaired) electrons. The minimum atomic E-state index is -0.159. The number of fused-ring (bicyclic) bond motifs is 2. The molecule has 5 atom stereocenters. The van der Waals surface area contributed by atoms with E-state index in [1.807, 2.05) is 11.8 Å². The van der Waals surface area contributed by atoms with Gasteiger partial charge in [0.2, 0.25) is 0 Å². The smallest absolute Gasteiger partial charge is 0.0679 e. The van der Waals surface area contributed by atoms with Crippen LogP contribution in [-0.2, 0) is 0 Å². The van der Waals surface area contributed by atoms with Crippen molar-refractivity contribution >= 4 is 11.8 Å². The van der Waals surface area contributed by atoms with Gasteiger partial charge in [0.25, 0.3) is 0 Å². The molecule has 2 aliphatic carbocycles. The lowest BCUT2D eigenvalue weighted by Crippen LogP contribution is -2.41. The van der Waals surface area contributed by atoms with E-state index in [1.165, 1.54) is 12.8 Å². The van der Waals surface area contributed by atoms with Gasteiger partial charge in [-0.25, -0.2) is 0 Å². The fourth-order valence-electron chi connectivity index (χ4n) is 4.69. The van der Waals surface area contributed by atoms with Crippen LogP contribution in [0.5, 0.6) is 0 Å². The zero-order valence-electron chi connectivity index (χ0n) is 12.1. The van der Waals surface area contributed by atoms with Gasteiger partial charge in [-0.05, 0) is 37.0 Å². The molecule has 2 saturated carbocycles. The predicted octanol–water partition coefficient (Wildman–Crippen LogP) is 1.63. The predicted molar refractivity (Wildman–Crippen MR) is 79.3 cm³/mol. The lowest BCUT2D eigenvalue weighted by Gasteiger charge is -2.40. The van der Waals surface area contributed by atoms with Crippen LogP contribution >= 0.6 is 11.8 Å². The van der Waals surface area contributed by atoms with Crippen molar-refractivity contribution in [3.8, 4) is 0 Å². The topological polar surface area (TPSA) is 52.5 Å². The van der Waals surface area contributed by atoms with E-state index in [2.05, 4.69) is 19.2 Å². The Kier molecular flexibility index (Phi) is 3.66. The van der Waals surface area contributed by atoms with Gasteiger partial charge in [0.15, 0.2) is 0 Å². The lowest BCUT2D eigenvalue weighted by molar-refractivity contribution is 0.0168. The van der Waals surface area contributed by atoms with Crippen LogP contribution in [-0.4, -0.2) is 46.5 Å². The molecule has 0 aromatic carbocycles. The Morgan fingerprint density at radius 3 is 2.58 bits per heavy atom. The van der Waals surface area contributed by atoms with Crippen LogP contribution in [0.3, 0.4) is 0 Å². The van der Waals surface area contributed by atoms with Gasteiger partial charge in [-0.2, -0.15) is 11.8 Å². The van der Waals surface area contributed by atoms with Crippen LogP contribution in [0, 0.1) is 16.7 Å². The van der Waals surface area contributed by atoms with Crippen molar-refractivity contribution in [3.05, 3.63) is 0 Å². The van der Waals surface area contributed by atoms with Gasteiger partial charge in [-0.3, -0.25) is 0 Å². The number of aliphatic hydroxyl groups is 2. The first-order chi connectivity index (χ1) is 8.96. The molecule has 0 aromatic rings. The first-order valence-electron chi connectivity index (χ1n) is 7.63. The van der Waals surface area contributed by atoms with Crippen LogP contribution in [0.2, 0.25) is 0 Å². The number of nitrogens with one attached hydrogen (secondary N) is 1. The Labute approximate surface area is 120 Å². The Morgan fingerprint density at radius 1 is 1.26 bits per heavy atom. The summed E-state index contributed by atoms with van der Waals surface area (Å²) >= 11 is 1.97. The maximum absolute atomic E-state index is 10.5. The molecule has 1 heterocycles. The molecule has 110 valence electrons. The largest absolute Gasteiger partial charge is 0.392 e. The Balaban J connectivity index is 1.57. The second kappa shape index (κ2) is 4.90. The molecule has 2 bridgehead atoms. The highest BCUT2D eigenvalue weighted by atomic mass is 32.2. The number of hydrogen-bond acceptors (Lipinski definition) is 4. The summed E-state index contributed by atoms with van der Waals surface area (Å²) in [6, 6.07) is 0.454. The van der Waals surface area contributed by atoms with Crippen molar-refractivity contribution in [1.29, 1.82) is 0 Å². The standard InChI is InChI=1S/C15H27NO2S/c1-14(2)10-3-4-15(14,13(18)5-10)9-19-8-11-6-12(17)7-16-11/h10-13,16-18H,3-9H2,1-2H3/t10-,11+,12-,13-,15-/m1/s1. The molecule has 0 spiro atoms. The van der Waals surface area contributed by atoms with Crippen molar-refractivity contribution in [2.24, 2.45) is 16.7 Å². The van der Waals surface area contributed by atoms with Gasteiger partial charge in [-0.1, -0.05) is 13.8 Å². The molecule has 4 heteroatoms. The van der Waals surface area contributed by atoms with E-state index in [9.17, 15) is 10.2 Å². The molecule has 1 saturated heterocycles. The fourth-order valence-corrected chi connectivity index (χ4v) is 6.42. The summed E-state index contributed by atoms with van der Waals surface area (Å²) in [5, 5.41) is 23.4. The normalized spacial score (nSPS) is 48.0. The first kappa shape index (κ1) is 14.2. The van der Waals surface area contributed by atoms with E-state index in [0.717, 1.165) is 36.8 Å². The third kappa shape index (κ3) is 2.15. The minimum Gasteiger partial charge on any atom is -0.392 e. The van der Waals surface area contributed by atoms with Gasteiger partial charge >= 0.3 is 0 Å². The van der Waals surface area contributed by atoms with Gasteiger partial charge in [-0.15, -0.1) is 0 Å². The first-order valence-corrected chi connectivity index (χ1v) is 8.78. The molecule has 0 unspecified atom stereocenters. The van der Waals surface area contributed by atoms with E-state index in [4.69, 9.17) is 0 Å². The molecular formula is C15H27NO2S. The summed E-state index contributed by atoms with van der Waals surface area (Å²) in [5.74, 6) is 2.85. The second-order valence-electron chi connectivity index (χ2n) is 7.37. The summed E-state index contributed by atoms with van der Waals surface area (Å²) in [7, 11) is 0. The van der Waals surface area contributed by atoms with Crippen LogP contribution in [0.4, 0.5) is 0 Å². The summed E-state index contributed by atoms with van der Waals surface area (Å²) < 4.78 is 0. The summed E-state index contributed by atoms with van der Waals surface area (Å²) in [5.41, 5.74) is 0.432. The van der Waals surface area contributed by atoms with Crippen molar-refractivity contribution in [2.45, 2.75) is 57.8 Å². The molecular weight excluding hydrogens is 258 g/mol. The number of thioether (sulfide) groups is 1. The van der Waals surface area contributed by atoms with Crippen molar-refractivity contribution < 1.29 is 10.2 Å². The second-order valence-corrected chi connectivity index (χ2v) is 8.41. The lowest BCUT2D eigenvalue weighted by atomic mass is 9.70. The SMILES string of the molecule is CC1(C)[C@@H]2CC[C@@]1(CSC[C@@H]1C[C@@H](O)CN1)[C@H](O)C2. The minimum absolute atomic E-state index is 0.101. The van der Waals surface area contributed by atoms with E-state index >= 15 is 0 Å². The molecule has 3 fully saturated rings. The van der Waals surface area contributed by atoms with Crippen molar-refractivity contribution in [2.75, 3.05) is 18.1 Å². The molecule has 19 heavy (non-hydrogen) atoms. The van der Waals surface area contributed by atoms with E-state index in [1.54, 1.807) is 0 Å². The maximum atomic E-state index is 10.5. The number of aliphatic hydroxyl groups excluding tert-OH is 2. The monoisotopic (exact) mass is 285 g/mol. The number of hydrogen-bond donors (Lipinski definition) is 3. The average Bonchev–Trinajstić information content (AvgIpc) is 2.91. The average molecular weight is 285 g/mol. The Morgan fingerprint density at radius 2 is 2.05 bits per heavy atom. The van der Waals surface area contributed by atoms with Crippen LogP contribution in [0.15, 0.2) is 0 Å². The third-order valence-corrected chi connectivity index (χ3v) is 7.62. The Bertz CT molecular complexity index is 349. The molecule has 1 aliphatic heterocycles. The number of rotatable bonds is 4. The zero-order valence-corrected chi connectivity index (χ0v) is 12.9. The van der Waals surface area contributed by atoms with Crippen LogP contribution < -0.4 is 5.32 Å². The quantitative estimate of drug-likeness (QED) is 0.735. The van der Waals surface area contributed by atoms with Gasteiger partial charge in [0.05, 0.1) is 12.2 Å². The third-order valence-electron chi connectivity index (χ3n) is 6.27. The van der Waals surface area contributed by atoms with Crippen molar-refractivity contribution in [3.63, 3.8) is 0 Å². The summed E-state index contributed by atoms with van der Waals surface area (Å²) in [4.78, 5) is 0. The summed E-state index contributed by atoms with van der Waals surface area (Å²) in [6.45, 7) is 5.46. The van der Waals surface area contributed by atoms with Crippen LogP contribution in [0.1, 0.15) is 39.5 Å². The molecule has 0 amide bonds. The Hall–Kier alpha value is 0.230. The molecule has 0 aromatic heterocycles. The number of β-amino-alcohol motifs (C(OH)–C–C–N with tert-alkyl or cyclic N) is 1. The summed E-state index contributed by atoms with van der Waals surface area (Å²) in [6.07, 6.45) is 4.12. The van der Waals surface area contributed by atoms with Crippen molar-refractivity contribution in [1.82, 2.24) is 5.32 Å². The molecule has 3 N–H and O–H groups in total. The van der Waals surface area contributed by atoms with E-state index in [0.29, 0.717) is 11.5 Å². The highest BCUT2D eigenvalue weighted by molar-refractivity contribution is 7.99. The highest BCUT2D eigenvalue weighted by Crippen LogP contribution is 2.66. The van der Waals surface area contributed by atoms with E-state index < -0.39 is 0 Å². The van der Waals surface area contributed by atoms with Gasteiger partial charge in [0.1, 0.15) is 0 Å². The highest BCUT2D eigenvalue weighted by Gasteiger charge is 2.63. The van der Waals surface area contributed by atoms with Gasteiger partial charge < -0.3 is 15.5 Å². The maximum Gasteiger partial charge on any atom is 0.0679 e. The molecule has 3 aliphatic rings. The van der Waals surface area contributed by atoms with Gasteiger partial charge in [0, 0.05) is 29.5 Å². The molecule has 3 nitrogen and oxygen atoms in total. The van der Waals surface area contributed by atoms with E-state index in [-0.39, 0.29) is 17.6 Å². The van der Waals surface area contributed by atoms with Crippen LogP contribution in [0.25, 0.3) is 0 Å².